The van der Waals surface area contributed by atoms with Crippen molar-refractivity contribution in [3.63, 3.8) is 0 Å². The van der Waals surface area contributed by atoms with Crippen molar-refractivity contribution in [2.45, 2.75) is 38.1 Å². The zero-order chi connectivity index (χ0) is 25.9. The Kier molecular flexibility index (Phi) is 7.61. The SMILES string of the molecule is CCNC(=O)N1CCC(NS(=O)(=O)c2ccc(NC(=O)c3ccccc3C)c3ccccc23)C(C)C1. The number of nitrogens with zero attached hydrogens (tertiary/aromatic N) is 1. The molecule has 1 aliphatic heterocycles. The molecule has 0 spiro atoms. The van der Waals surface area contributed by atoms with E-state index >= 15 is 0 Å². The molecule has 0 bridgehead atoms. The van der Waals surface area contributed by atoms with Gasteiger partial charge in [-0.15, -0.1) is 0 Å². The number of sulfonamides is 1. The number of piperidine rings is 1. The van der Waals surface area contributed by atoms with Crippen LogP contribution in [0.3, 0.4) is 0 Å². The first-order chi connectivity index (χ1) is 17.2. The van der Waals surface area contributed by atoms with Gasteiger partial charge in [0.2, 0.25) is 10.0 Å². The lowest BCUT2D eigenvalue weighted by Gasteiger charge is -2.37. The molecule has 2 unspecified atom stereocenters. The Hall–Kier alpha value is -3.43. The highest BCUT2D eigenvalue weighted by Gasteiger charge is 2.32. The number of aryl methyl sites for hydroxylation is 1. The van der Waals surface area contributed by atoms with Crippen molar-refractivity contribution in [1.82, 2.24) is 14.9 Å². The van der Waals surface area contributed by atoms with Crippen molar-refractivity contribution in [3.8, 4) is 0 Å². The van der Waals surface area contributed by atoms with Crippen LogP contribution in [0.25, 0.3) is 10.8 Å². The monoisotopic (exact) mass is 508 g/mol. The van der Waals surface area contributed by atoms with Crippen LogP contribution in [0.15, 0.2) is 65.6 Å². The average molecular weight is 509 g/mol. The van der Waals surface area contributed by atoms with Gasteiger partial charge in [-0.1, -0.05) is 49.4 Å². The molecule has 1 aliphatic rings. The van der Waals surface area contributed by atoms with Crippen LogP contribution in [-0.2, 0) is 10.0 Å². The minimum atomic E-state index is -3.85. The van der Waals surface area contributed by atoms with Gasteiger partial charge in [-0.2, -0.15) is 0 Å². The van der Waals surface area contributed by atoms with Gasteiger partial charge in [0.15, 0.2) is 0 Å². The van der Waals surface area contributed by atoms with Crippen molar-refractivity contribution in [2.75, 3.05) is 25.0 Å². The first-order valence-corrected chi connectivity index (χ1v) is 13.6. The average Bonchev–Trinajstić information content (AvgIpc) is 2.85. The third kappa shape index (κ3) is 5.37. The van der Waals surface area contributed by atoms with Gasteiger partial charge in [-0.05, 0) is 49.9 Å². The van der Waals surface area contributed by atoms with Gasteiger partial charge in [0.05, 0.1) is 4.90 Å². The number of nitrogens with one attached hydrogen (secondary N) is 3. The number of likely N-dealkylation sites (tertiary alicyclic amines) is 1. The molecule has 4 rings (SSSR count). The molecular weight excluding hydrogens is 476 g/mol. The van der Waals surface area contributed by atoms with Crippen LogP contribution in [0.1, 0.15) is 36.2 Å². The molecular formula is C27H32N4O4S. The van der Waals surface area contributed by atoms with Crippen molar-refractivity contribution < 1.29 is 18.0 Å². The van der Waals surface area contributed by atoms with Crippen LogP contribution >= 0.6 is 0 Å². The number of hydrogen-bond donors (Lipinski definition) is 3. The second-order valence-corrected chi connectivity index (χ2v) is 10.9. The molecule has 1 saturated heterocycles. The Morgan fingerprint density at radius 1 is 1.00 bits per heavy atom. The van der Waals surface area contributed by atoms with Gasteiger partial charge < -0.3 is 15.5 Å². The van der Waals surface area contributed by atoms with Crippen molar-refractivity contribution in [1.29, 1.82) is 0 Å². The third-order valence-corrected chi connectivity index (χ3v) is 8.19. The second-order valence-electron chi connectivity index (χ2n) is 9.20. The highest BCUT2D eigenvalue weighted by molar-refractivity contribution is 7.89. The second kappa shape index (κ2) is 10.7. The van der Waals surface area contributed by atoms with E-state index in [1.54, 1.807) is 35.2 Å². The molecule has 1 fully saturated rings. The number of hydrogen-bond acceptors (Lipinski definition) is 4. The summed E-state index contributed by atoms with van der Waals surface area (Å²) in [6, 6.07) is 17.2. The number of carbonyl (C=O) groups excluding carboxylic acids is 2. The van der Waals surface area contributed by atoms with E-state index in [2.05, 4.69) is 15.4 Å². The molecule has 2 atom stereocenters. The third-order valence-electron chi connectivity index (χ3n) is 6.64. The maximum absolute atomic E-state index is 13.5. The summed E-state index contributed by atoms with van der Waals surface area (Å²) in [5.74, 6) is -0.297. The Morgan fingerprint density at radius 3 is 2.39 bits per heavy atom. The van der Waals surface area contributed by atoms with Crippen LogP contribution < -0.4 is 15.4 Å². The van der Waals surface area contributed by atoms with Gasteiger partial charge in [-0.25, -0.2) is 17.9 Å². The molecule has 9 heteroatoms. The maximum atomic E-state index is 13.5. The van der Waals surface area contributed by atoms with E-state index in [1.807, 2.05) is 45.0 Å². The van der Waals surface area contributed by atoms with E-state index in [9.17, 15) is 18.0 Å². The number of anilines is 1. The number of benzene rings is 3. The van der Waals surface area contributed by atoms with Crippen molar-refractivity contribution in [3.05, 3.63) is 71.8 Å². The highest BCUT2D eigenvalue weighted by atomic mass is 32.2. The van der Waals surface area contributed by atoms with Gasteiger partial charge in [0, 0.05) is 47.7 Å². The van der Waals surface area contributed by atoms with Crippen LogP contribution in [0.2, 0.25) is 0 Å². The summed E-state index contributed by atoms with van der Waals surface area (Å²) in [5.41, 5.74) is 1.96. The first-order valence-electron chi connectivity index (χ1n) is 12.1. The van der Waals surface area contributed by atoms with E-state index in [4.69, 9.17) is 0 Å². The van der Waals surface area contributed by atoms with Crippen LogP contribution in [0, 0.1) is 12.8 Å². The quantitative estimate of drug-likeness (QED) is 0.466. The molecule has 36 heavy (non-hydrogen) atoms. The molecule has 0 aromatic heterocycles. The molecule has 3 N–H and O–H groups in total. The predicted molar refractivity (Wildman–Crippen MR) is 142 cm³/mol. The summed E-state index contributed by atoms with van der Waals surface area (Å²) in [4.78, 5) is 26.9. The summed E-state index contributed by atoms with van der Waals surface area (Å²) in [6.07, 6.45) is 0.528. The van der Waals surface area contributed by atoms with Crippen molar-refractivity contribution >= 4 is 38.4 Å². The molecule has 0 saturated carbocycles. The highest BCUT2D eigenvalue weighted by Crippen LogP contribution is 2.31. The summed E-state index contributed by atoms with van der Waals surface area (Å²) >= 11 is 0. The molecule has 0 aliphatic carbocycles. The maximum Gasteiger partial charge on any atom is 0.317 e. The lowest BCUT2D eigenvalue weighted by atomic mass is 9.95. The summed E-state index contributed by atoms with van der Waals surface area (Å²) in [7, 11) is -3.85. The molecule has 0 radical (unpaired) electrons. The standard InChI is InChI=1S/C27H32N4O4S/c1-4-28-27(33)31-16-15-23(19(3)17-31)30-36(34,35)25-14-13-24(21-11-7-8-12-22(21)25)29-26(32)20-10-6-5-9-18(20)2/h5-14,19,23,30H,4,15-17H2,1-3H3,(H,28,33)(H,29,32). The Morgan fingerprint density at radius 2 is 1.69 bits per heavy atom. The molecule has 3 aromatic carbocycles. The fourth-order valence-corrected chi connectivity index (χ4v) is 6.25. The fourth-order valence-electron chi connectivity index (χ4n) is 4.66. The minimum Gasteiger partial charge on any atom is -0.338 e. The lowest BCUT2D eigenvalue weighted by molar-refractivity contribution is 0.102. The smallest absolute Gasteiger partial charge is 0.317 e. The zero-order valence-electron chi connectivity index (χ0n) is 20.7. The van der Waals surface area contributed by atoms with Crippen LogP contribution in [-0.4, -0.2) is 50.9 Å². The molecule has 190 valence electrons. The fraction of sp³-hybridized carbons (Fsp3) is 0.333. The Bertz CT molecular complexity index is 1390. The largest absolute Gasteiger partial charge is 0.338 e. The molecule has 3 amide bonds. The number of fused-ring (bicyclic) bond motifs is 1. The van der Waals surface area contributed by atoms with E-state index in [1.165, 1.54) is 6.07 Å². The Labute approximate surface area is 212 Å². The number of urea groups is 1. The Balaban J connectivity index is 1.57. The molecule has 8 nitrogen and oxygen atoms in total. The molecule has 3 aromatic rings. The number of rotatable bonds is 6. The number of carbonyl (C=O) groups is 2. The summed E-state index contributed by atoms with van der Waals surface area (Å²) < 4.78 is 29.8. The summed E-state index contributed by atoms with van der Waals surface area (Å²) in [5, 5.41) is 6.90. The predicted octanol–water partition coefficient (Wildman–Crippen LogP) is 4.12. The van der Waals surface area contributed by atoms with Gasteiger partial charge in [-0.3, -0.25) is 4.79 Å². The van der Waals surface area contributed by atoms with E-state index in [0.717, 1.165) is 5.56 Å². The van der Waals surface area contributed by atoms with Gasteiger partial charge in [0.1, 0.15) is 0 Å². The lowest BCUT2D eigenvalue weighted by Crippen LogP contribution is -2.53. The zero-order valence-corrected chi connectivity index (χ0v) is 21.6. The first kappa shape index (κ1) is 25.7. The van der Waals surface area contributed by atoms with Crippen molar-refractivity contribution in [2.24, 2.45) is 5.92 Å². The van der Waals surface area contributed by atoms with E-state index in [0.29, 0.717) is 48.1 Å². The molecule has 1 heterocycles. The van der Waals surface area contributed by atoms with E-state index < -0.39 is 10.0 Å². The van der Waals surface area contributed by atoms with Crippen LogP contribution in [0.4, 0.5) is 10.5 Å². The number of amides is 3. The summed E-state index contributed by atoms with van der Waals surface area (Å²) in [6.45, 7) is 7.19. The van der Waals surface area contributed by atoms with Gasteiger partial charge >= 0.3 is 6.03 Å². The normalized spacial score (nSPS) is 18.1. The van der Waals surface area contributed by atoms with E-state index in [-0.39, 0.29) is 28.8 Å². The van der Waals surface area contributed by atoms with Gasteiger partial charge in [0.25, 0.3) is 5.91 Å². The topological polar surface area (TPSA) is 108 Å². The van der Waals surface area contributed by atoms with Crippen LogP contribution in [0.5, 0.6) is 0 Å². The minimum absolute atomic E-state index is 0.0462.